The van der Waals surface area contributed by atoms with Gasteiger partial charge in [-0.1, -0.05) is 0 Å². The highest BCUT2D eigenvalue weighted by Gasteiger charge is 2.23. The van der Waals surface area contributed by atoms with Gasteiger partial charge < -0.3 is 10.1 Å². The van der Waals surface area contributed by atoms with Crippen molar-refractivity contribution in [1.29, 1.82) is 0 Å². The minimum absolute atomic E-state index is 0.0406. The minimum atomic E-state index is -4.68. The Bertz CT molecular complexity index is 442. The van der Waals surface area contributed by atoms with Gasteiger partial charge in [-0.3, -0.25) is 0 Å². The van der Waals surface area contributed by atoms with E-state index < -0.39 is 33.7 Å². The van der Waals surface area contributed by atoms with Crippen molar-refractivity contribution in [2.75, 3.05) is 5.75 Å². The summed E-state index contributed by atoms with van der Waals surface area (Å²) in [6, 6.07) is -0.928. The van der Waals surface area contributed by atoms with Crippen LogP contribution in [-0.4, -0.2) is 31.9 Å². The van der Waals surface area contributed by atoms with E-state index in [1.165, 1.54) is 0 Å². The van der Waals surface area contributed by atoms with Crippen molar-refractivity contribution >= 4 is 16.3 Å². The van der Waals surface area contributed by atoms with Crippen LogP contribution in [0, 0.1) is 11.8 Å². The summed E-state index contributed by atoms with van der Waals surface area (Å²) in [5.74, 6) is 4.32. The van der Waals surface area contributed by atoms with Crippen molar-refractivity contribution < 1.29 is 21.8 Å². The smallest absolute Gasteiger partial charge is 0.407 e. The SMILES string of the molecule is CC#CCC(CS(=O)(=O)F)NC(=O)OC(C)(C)C. The van der Waals surface area contributed by atoms with Crippen molar-refractivity contribution in [1.82, 2.24) is 5.32 Å². The fourth-order valence-corrected chi connectivity index (χ4v) is 1.77. The molecular weight excluding hydrogens is 261 g/mol. The summed E-state index contributed by atoms with van der Waals surface area (Å²) >= 11 is 0. The van der Waals surface area contributed by atoms with Gasteiger partial charge >= 0.3 is 16.3 Å². The molecule has 0 saturated heterocycles. The molecule has 0 bridgehead atoms. The zero-order valence-electron chi connectivity index (χ0n) is 10.9. The van der Waals surface area contributed by atoms with Gasteiger partial charge in [-0.25, -0.2) is 4.79 Å². The molecule has 1 N–H and O–H groups in total. The Morgan fingerprint density at radius 3 is 2.39 bits per heavy atom. The molecule has 0 aromatic carbocycles. The quantitative estimate of drug-likeness (QED) is 0.626. The lowest BCUT2D eigenvalue weighted by atomic mass is 10.2. The standard InChI is InChI=1S/C11H18FNO4S/c1-5-6-7-9(8-18(12,15)16)13-10(14)17-11(2,3)4/h9H,7-8H2,1-4H3,(H,13,14). The van der Waals surface area contributed by atoms with Gasteiger partial charge in [0.2, 0.25) is 0 Å². The predicted molar refractivity (Wildman–Crippen MR) is 66.1 cm³/mol. The van der Waals surface area contributed by atoms with Gasteiger partial charge in [-0.05, 0) is 27.7 Å². The van der Waals surface area contributed by atoms with Gasteiger partial charge in [0.15, 0.2) is 0 Å². The molecule has 5 nitrogen and oxygen atoms in total. The van der Waals surface area contributed by atoms with Crippen LogP contribution in [0.2, 0.25) is 0 Å². The number of nitrogens with one attached hydrogen (secondary N) is 1. The van der Waals surface area contributed by atoms with Gasteiger partial charge in [-0.15, -0.1) is 15.7 Å². The summed E-state index contributed by atoms with van der Waals surface area (Å²) in [6.45, 7) is 6.56. The van der Waals surface area contributed by atoms with Gasteiger partial charge in [0.25, 0.3) is 0 Å². The Morgan fingerprint density at radius 1 is 1.44 bits per heavy atom. The number of amides is 1. The molecule has 0 aliphatic carbocycles. The topological polar surface area (TPSA) is 72.5 Å². The third-order valence-electron chi connectivity index (χ3n) is 1.65. The molecule has 0 rings (SSSR count). The Kier molecular flexibility index (Phi) is 6.12. The number of rotatable bonds is 4. The summed E-state index contributed by atoms with van der Waals surface area (Å²) in [4.78, 5) is 11.4. The van der Waals surface area contributed by atoms with E-state index in [2.05, 4.69) is 17.2 Å². The lowest BCUT2D eigenvalue weighted by Gasteiger charge is -2.22. The molecule has 18 heavy (non-hydrogen) atoms. The molecule has 1 amide bonds. The van der Waals surface area contributed by atoms with E-state index in [0.29, 0.717) is 0 Å². The van der Waals surface area contributed by atoms with Crippen LogP contribution in [0.4, 0.5) is 8.68 Å². The van der Waals surface area contributed by atoms with E-state index in [4.69, 9.17) is 4.74 Å². The maximum atomic E-state index is 12.6. The molecule has 0 heterocycles. The first-order chi connectivity index (χ1) is 8.03. The van der Waals surface area contributed by atoms with Crippen LogP contribution < -0.4 is 5.32 Å². The lowest BCUT2D eigenvalue weighted by Crippen LogP contribution is -2.42. The third-order valence-corrected chi connectivity index (χ3v) is 2.45. The zero-order chi connectivity index (χ0) is 14.4. The second-order valence-electron chi connectivity index (χ2n) is 4.68. The van der Waals surface area contributed by atoms with E-state index in [1.54, 1.807) is 27.7 Å². The first-order valence-electron chi connectivity index (χ1n) is 5.35. The summed E-state index contributed by atoms with van der Waals surface area (Å²) in [5.41, 5.74) is -0.709. The number of hydrogen-bond acceptors (Lipinski definition) is 4. The molecule has 0 aromatic rings. The molecule has 104 valence electrons. The summed E-state index contributed by atoms with van der Waals surface area (Å²) in [7, 11) is -4.68. The second kappa shape index (κ2) is 6.59. The molecule has 0 spiro atoms. The van der Waals surface area contributed by atoms with Gasteiger partial charge in [0, 0.05) is 6.42 Å². The average Bonchev–Trinajstić information content (AvgIpc) is 2.08. The molecular formula is C11H18FNO4S. The van der Waals surface area contributed by atoms with E-state index in [0.717, 1.165) is 0 Å². The van der Waals surface area contributed by atoms with E-state index in [1.807, 2.05) is 0 Å². The van der Waals surface area contributed by atoms with Crippen LogP contribution in [0.1, 0.15) is 34.1 Å². The summed E-state index contributed by atoms with van der Waals surface area (Å²) in [6.07, 6.45) is -0.757. The summed E-state index contributed by atoms with van der Waals surface area (Å²) < 4.78 is 38.7. The molecule has 1 unspecified atom stereocenters. The highest BCUT2D eigenvalue weighted by molar-refractivity contribution is 7.86. The lowest BCUT2D eigenvalue weighted by molar-refractivity contribution is 0.0510. The molecule has 0 aliphatic rings. The van der Waals surface area contributed by atoms with Crippen LogP contribution in [0.3, 0.4) is 0 Å². The van der Waals surface area contributed by atoms with Crippen LogP contribution in [-0.2, 0) is 15.0 Å². The number of hydrogen-bond donors (Lipinski definition) is 1. The molecule has 0 saturated carbocycles. The largest absolute Gasteiger partial charge is 0.444 e. The molecule has 7 heteroatoms. The van der Waals surface area contributed by atoms with Crippen molar-refractivity contribution in [2.45, 2.75) is 45.8 Å². The summed E-state index contributed by atoms with van der Waals surface area (Å²) in [5, 5.41) is 2.28. The number of alkyl carbamates (subject to hydrolysis) is 1. The molecule has 0 radical (unpaired) electrons. The highest BCUT2D eigenvalue weighted by atomic mass is 32.3. The van der Waals surface area contributed by atoms with Gasteiger partial charge in [0.1, 0.15) is 11.4 Å². The van der Waals surface area contributed by atoms with Crippen molar-refractivity contribution in [2.24, 2.45) is 0 Å². The van der Waals surface area contributed by atoms with Crippen LogP contribution in [0.15, 0.2) is 0 Å². The van der Waals surface area contributed by atoms with Crippen molar-refractivity contribution in [3.8, 4) is 11.8 Å². The average molecular weight is 279 g/mol. The highest BCUT2D eigenvalue weighted by Crippen LogP contribution is 2.08. The Labute approximate surface area is 107 Å². The van der Waals surface area contributed by atoms with Crippen LogP contribution >= 0.6 is 0 Å². The number of carbonyl (C=O) groups is 1. The fourth-order valence-electron chi connectivity index (χ4n) is 1.09. The number of ether oxygens (including phenoxy) is 1. The fraction of sp³-hybridized carbons (Fsp3) is 0.727. The van der Waals surface area contributed by atoms with Crippen LogP contribution in [0.5, 0.6) is 0 Å². The molecule has 0 fully saturated rings. The van der Waals surface area contributed by atoms with Crippen molar-refractivity contribution in [3.63, 3.8) is 0 Å². The predicted octanol–water partition coefficient (Wildman–Crippen LogP) is 1.59. The first-order valence-corrected chi connectivity index (χ1v) is 6.90. The Balaban J connectivity index is 4.57. The Morgan fingerprint density at radius 2 is 2.00 bits per heavy atom. The van der Waals surface area contributed by atoms with E-state index >= 15 is 0 Å². The third kappa shape index (κ3) is 9.90. The zero-order valence-corrected chi connectivity index (χ0v) is 11.7. The van der Waals surface area contributed by atoms with E-state index in [-0.39, 0.29) is 6.42 Å². The number of carbonyl (C=O) groups excluding carboxylic acids is 1. The Hall–Kier alpha value is -1.29. The molecule has 0 aromatic heterocycles. The van der Waals surface area contributed by atoms with Gasteiger partial charge in [-0.2, -0.15) is 8.42 Å². The molecule has 1 atom stereocenters. The second-order valence-corrected chi connectivity index (χ2v) is 6.09. The number of halogens is 1. The maximum Gasteiger partial charge on any atom is 0.407 e. The van der Waals surface area contributed by atoms with Crippen LogP contribution in [0.25, 0.3) is 0 Å². The maximum absolute atomic E-state index is 12.6. The van der Waals surface area contributed by atoms with Crippen molar-refractivity contribution in [3.05, 3.63) is 0 Å². The van der Waals surface area contributed by atoms with E-state index in [9.17, 15) is 17.1 Å². The molecule has 0 aliphatic heterocycles. The first kappa shape index (κ1) is 16.7. The van der Waals surface area contributed by atoms with Gasteiger partial charge in [0.05, 0.1) is 6.04 Å². The monoisotopic (exact) mass is 279 g/mol. The normalized spacial score (nSPS) is 13.2. The minimum Gasteiger partial charge on any atom is -0.444 e.